The highest BCUT2D eigenvalue weighted by Gasteiger charge is 2.39. The molecule has 1 aliphatic heterocycles. The molecule has 1 atom stereocenters. The summed E-state index contributed by atoms with van der Waals surface area (Å²) in [5, 5.41) is 9.88. The van der Waals surface area contributed by atoms with Crippen molar-refractivity contribution in [2.24, 2.45) is 0 Å². The van der Waals surface area contributed by atoms with Crippen molar-refractivity contribution in [3.8, 4) is 11.1 Å². The van der Waals surface area contributed by atoms with E-state index in [4.69, 9.17) is 0 Å². The maximum atomic E-state index is 13.5. The molecule has 0 aliphatic carbocycles. The summed E-state index contributed by atoms with van der Waals surface area (Å²) >= 11 is 0. The maximum absolute atomic E-state index is 13.5. The van der Waals surface area contributed by atoms with Crippen molar-refractivity contribution >= 4 is 11.8 Å². The highest BCUT2D eigenvalue weighted by Crippen LogP contribution is 2.38. The molecule has 25 heavy (non-hydrogen) atoms. The number of alkyl halides is 3. The zero-order valence-corrected chi connectivity index (χ0v) is 12.8. The maximum Gasteiger partial charge on any atom is 0.417 e. The fourth-order valence-electron chi connectivity index (χ4n) is 2.54. The van der Waals surface area contributed by atoms with Crippen LogP contribution in [0.25, 0.3) is 11.1 Å². The molecule has 1 N–H and O–H groups in total. The molecule has 0 saturated carbocycles. The molecule has 132 valence electrons. The Hall–Kier alpha value is -2.75. The number of rotatable bonds is 2. The van der Waals surface area contributed by atoms with Crippen molar-refractivity contribution < 1.29 is 27.5 Å². The summed E-state index contributed by atoms with van der Waals surface area (Å²) in [6.07, 6.45) is -4.17. The van der Waals surface area contributed by atoms with Crippen LogP contribution < -0.4 is 4.90 Å². The number of urea groups is 1. The molecule has 10 heteroatoms. The monoisotopic (exact) mass is 356 g/mol. The molecule has 0 spiro atoms. The number of carbonyl (C=O) groups is 1. The first-order chi connectivity index (χ1) is 11.7. The van der Waals surface area contributed by atoms with Crippen LogP contribution in [0.1, 0.15) is 5.56 Å². The number of anilines is 1. The van der Waals surface area contributed by atoms with Gasteiger partial charge in [-0.3, -0.25) is 0 Å². The predicted octanol–water partition coefficient (Wildman–Crippen LogP) is 2.49. The van der Waals surface area contributed by atoms with Crippen LogP contribution >= 0.6 is 0 Å². The van der Waals surface area contributed by atoms with Crippen LogP contribution in [-0.4, -0.2) is 45.8 Å². The summed E-state index contributed by atoms with van der Waals surface area (Å²) in [5.41, 5.74) is -1.35. The lowest BCUT2D eigenvalue weighted by Gasteiger charge is -2.21. The van der Waals surface area contributed by atoms with E-state index in [9.17, 15) is 27.5 Å². The number of amides is 2. The van der Waals surface area contributed by atoms with E-state index in [-0.39, 0.29) is 23.5 Å². The molecule has 2 aromatic rings. The van der Waals surface area contributed by atoms with E-state index >= 15 is 0 Å². The number of pyridine rings is 2. The fraction of sp³-hybridized carbons (Fsp3) is 0.267. The summed E-state index contributed by atoms with van der Waals surface area (Å²) < 4.78 is 53.3. The Balaban J connectivity index is 2.10. The van der Waals surface area contributed by atoms with Gasteiger partial charge in [0.1, 0.15) is 5.82 Å². The third-order valence-electron chi connectivity index (χ3n) is 3.75. The Labute approximate surface area is 139 Å². The van der Waals surface area contributed by atoms with Gasteiger partial charge in [0, 0.05) is 30.6 Å². The van der Waals surface area contributed by atoms with E-state index in [0.29, 0.717) is 6.07 Å². The minimum Gasteiger partial charge on any atom is -0.371 e. The van der Waals surface area contributed by atoms with Gasteiger partial charge in [-0.25, -0.2) is 19.7 Å². The lowest BCUT2D eigenvalue weighted by molar-refractivity contribution is -0.137. The first kappa shape index (κ1) is 17.1. The Bertz CT molecular complexity index is 810. The zero-order valence-electron chi connectivity index (χ0n) is 12.8. The highest BCUT2D eigenvalue weighted by atomic mass is 19.4. The second-order valence-corrected chi connectivity index (χ2v) is 5.47. The molecule has 0 radical (unpaired) electrons. The van der Waals surface area contributed by atoms with Crippen LogP contribution in [0.5, 0.6) is 0 Å². The number of hydrogen-bond acceptors (Lipinski definition) is 4. The van der Waals surface area contributed by atoms with Crippen LogP contribution in [0.15, 0.2) is 30.6 Å². The lowest BCUT2D eigenvalue weighted by atomic mass is 10.0. The first-order valence-electron chi connectivity index (χ1n) is 7.10. The summed E-state index contributed by atoms with van der Waals surface area (Å²) in [6.45, 7) is -0.0501. The lowest BCUT2D eigenvalue weighted by Crippen LogP contribution is -2.35. The summed E-state index contributed by atoms with van der Waals surface area (Å²) in [5.74, 6) is -1.15. The second kappa shape index (κ2) is 5.96. The number of aliphatic hydroxyl groups is 1. The van der Waals surface area contributed by atoms with E-state index < -0.39 is 29.9 Å². The van der Waals surface area contributed by atoms with Crippen molar-refractivity contribution in [3.05, 3.63) is 42.1 Å². The van der Waals surface area contributed by atoms with Gasteiger partial charge in [-0.15, -0.1) is 0 Å². The number of carbonyl (C=O) groups excluding carboxylic acids is 1. The number of aromatic nitrogens is 2. The quantitative estimate of drug-likeness (QED) is 0.663. The molecule has 0 aromatic carbocycles. The van der Waals surface area contributed by atoms with Gasteiger partial charge >= 0.3 is 12.2 Å². The third kappa shape index (κ3) is 3.12. The zero-order chi connectivity index (χ0) is 18.4. The van der Waals surface area contributed by atoms with Gasteiger partial charge in [-0.2, -0.15) is 17.6 Å². The largest absolute Gasteiger partial charge is 0.417 e. The minimum absolute atomic E-state index is 0.0261. The van der Waals surface area contributed by atoms with Gasteiger partial charge in [0.05, 0.1) is 12.1 Å². The van der Waals surface area contributed by atoms with Gasteiger partial charge in [0.25, 0.3) is 0 Å². The summed E-state index contributed by atoms with van der Waals surface area (Å²) in [4.78, 5) is 21.1. The van der Waals surface area contributed by atoms with Gasteiger partial charge in [0.15, 0.2) is 6.23 Å². The molecule has 1 saturated heterocycles. The molecule has 1 fully saturated rings. The van der Waals surface area contributed by atoms with E-state index in [1.54, 1.807) is 0 Å². The number of likely N-dealkylation sites (N-methyl/N-ethyl adjacent to an activating group) is 1. The highest BCUT2D eigenvalue weighted by molar-refractivity contribution is 5.93. The fourth-order valence-corrected chi connectivity index (χ4v) is 2.54. The molecule has 0 bridgehead atoms. The third-order valence-corrected chi connectivity index (χ3v) is 3.75. The van der Waals surface area contributed by atoms with Crippen LogP contribution in [0.2, 0.25) is 0 Å². The molecule has 2 aromatic heterocycles. The average Bonchev–Trinajstić information content (AvgIpc) is 2.79. The van der Waals surface area contributed by atoms with E-state index in [1.165, 1.54) is 7.05 Å². The smallest absolute Gasteiger partial charge is 0.371 e. The van der Waals surface area contributed by atoms with Crippen molar-refractivity contribution in [2.75, 3.05) is 18.5 Å². The number of nitrogens with zero attached hydrogens (tertiary/aromatic N) is 4. The average molecular weight is 356 g/mol. The van der Waals surface area contributed by atoms with Gasteiger partial charge in [-0.1, -0.05) is 0 Å². The van der Waals surface area contributed by atoms with Gasteiger partial charge < -0.3 is 10.0 Å². The van der Waals surface area contributed by atoms with Crippen molar-refractivity contribution in [1.29, 1.82) is 0 Å². The van der Waals surface area contributed by atoms with Crippen molar-refractivity contribution in [1.82, 2.24) is 14.9 Å². The van der Waals surface area contributed by atoms with Gasteiger partial charge in [0.2, 0.25) is 5.95 Å². The van der Waals surface area contributed by atoms with E-state index in [2.05, 4.69) is 9.97 Å². The predicted molar refractivity (Wildman–Crippen MR) is 78.9 cm³/mol. The normalized spacial score (nSPS) is 18.2. The Morgan fingerprint density at radius 1 is 1.24 bits per heavy atom. The summed E-state index contributed by atoms with van der Waals surface area (Å²) in [7, 11) is 1.41. The van der Waals surface area contributed by atoms with Crippen LogP contribution in [0.4, 0.5) is 28.2 Å². The van der Waals surface area contributed by atoms with Crippen LogP contribution in [0.3, 0.4) is 0 Å². The number of halogens is 4. The molecule has 6 nitrogen and oxygen atoms in total. The minimum atomic E-state index is -4.75. The Morgan fingerprint density at radius 2 is 1.96 bits per heavy atom. The number of hydrogen-bond donors (Lipinski definition) is 1. The molecular formula is C15H12F4N4O2. The Morgan fingerprint density at radius 3 is 2.48 bits per heavy atom. The molecule has 1 aliphatic rings. The van der Waals surface area contributed by atoms with E-state index in [1.807, 2.05) is 0 Å². The van der Waals surface area contributed by atoms with Crippen molar-refractivity contribution in [3.63, 3.8) is 0 Å². The number of aliphatic hydroxyl groups excluding tert-OH is 1. The molecule has 3 rings (SSSR count). The summed E-state index contributed by atoms with van der Waals surface area (Å²) in [6, 6.07) is 2.10. The Kier molecular flexibility index (Phi) is 4.07. The number of β-amino-alcohol motifs (C(OH)–C–C–N with tert-alkyl or cyclic N) is 1. The first-order valence-corrected chi connectivity index (χ1v) is 7.10. The van der Waals surface area contributed by atoms with Crippen LogP contribution in [-0.2, 0) is 6.18 Å². The standard InChI is InChI=1S/C15H12F4N4O2/c1-22-7-13(24)23(14(22)25)12-4-10(15(17,18)19)9(6-21-12)8-2-3-11(16)20-5-8/h2-6,13,24H,7H2,1H3. The molecular weight excluding hydrogens is 344 g/mol. The van der Waals surface area contributed by atoms with Crippen molar-refractivity contribution in [2.45, 2.75) is 12.4 Å². The topological polar surface area (TPSA) is 69.6 Å². The van der Waals surface area contributed by atoms with Crippen LogP contribution in [0, 0.1) is 5.95 Å². The SMILES string of the molecule is CN1CC(O)N(c2cc(C(F)(F)F)c(-c3ccc(F)nc3)cn2)C1=O. The second-order valence-electron chi connectivity index (χ2n) is 5.47. The molecule has 2 amide bonds. The molecule has 3 heterocycles. The van der Waals surface area contributed by atoms with E-state index in [0.717, 1.165) is 34.3 Å². The van der Waals surface area contributed by atoms with Gasteiger partial charge in [-0.05, 0) is 18.2 Å². The molecule has 1 unspecified atom stereocenters.